The number of urea groups is 1. The summed E-state index contributed by atoms with van der Waals surface area (Å²) in [5, 5.41) is 14.1. The molecule has 0 aliphatic carbocycles. The normalized spacial score (nSPS) is 11.9. The fraction of sp³-hybridized carbons (Fsp3) is 0.417. The predicted molar refractivity (Wildman–Crippen MR) is 72.4 cm³/mol. The minimum atomic E-state index is -0.302. The topological polar surface area (TPSA) is 61.4 Å². The highest BCUT2D eigenvalue weighted by Gasteiger charge is 2.05. The molecule has 0 radical (unpaired) electrons. The van der Waals surface area contributed by atoms with Crippen molar-refractivity contribution < 1.29 is 9.90 Å². The molecule has 0 saturated carbocycles. The molecule has 3 N–H and O–H groups in total. The fourth-order valence-electron chi connectivity index (χ4n) is 1.29. The summed E-state index contributed by atoms with van der Waals surface area (Å²) in [5.74, 6) is 0.966. The van der Waals surface area contributed by atoms with Gasteiger partial charge in [0.1, 0.15) is 0 Å². The van der Waals surface area contributed by atoms with Crippen molar-refractivity contribution in [3.63, 3.8) is 0 Å². The number of carbonyl (C=O) groups excluding carboxylic acids is 1. The van der Waals surface area contributed by atoms with Gasteiger partial charge in [0.2, 0.25) is 0 Å². The van der Waals surface area contributed by atoms with E-state index < -0.39 is 0 Å². The SMILES string of the molecule is CSCc1ccc(NC(=O)NC(C)CO)cc1. The van der Waals surface area contributed by atoms with Crippen LogP contribution < -0.4 is 10.6 Å². The molecule has 0 spiro atoms. The van der Waals surface area contributed by atoms with Crippen molar-refractivity contribution in [3.05, 3.63) is 29.8 Å². The zero-order chi connectivity index (χ0) is 12.7. The molecular weight excluding hydrogens is 236 g/mol. The van der Waals surface area contributed by atoms with Crippen LogP contribution in [0.2, 0.25) is 0 Å². The number of anilines is 1. The maximum atomic E-state index is 11.5. The lowest BCUT2D eigenvalue weighted by Crippen LogP contribution is -2.38. The lowest BCUT2D eigenvalue weighted by molar-refractivity contribution is 0.229. The molecule has 0 bridgehead atoms. The second-order valence-electron chi connectivity index (χ2n) is 3.81. The van der Waals surface area contributed by atoms with Crippen molar-refractivity contribution in [3.8, 4) is 0 Å². The highest BCUT2D eigenvalue weighted by Crippen LogP contribution is 2.13. The Kier molecular flexibility index (Phi) is 5.86. The van der Waals surface area contributed by atoms with Crippen molar-refractivity contribution in [2.75, 3.05) is 18.2 Å². The van der Waals surface area contributed by atoms with Gasteiger partial charge >= 0.3 is 6.03 Å². The zero-order valence-electron chi connectivity index (χ0n) is 10.1. The van der Waals surface area contributed by atoms with Crippen LogP contribution in [-0.4, -0.2) is 30.0 Å². The van der Waals surface area contributed by atoms with E-state index in [2.05, 4.69) is 16.9 Å². The first-order valence-electron chi connectivity index (χ1n) is 5.42. The van der Waals surface area contributed by atoms with Gasteiger partial charge in [0.25, 0.3) is 0 Å². The molecule has 1 rings (SSSR count). The molecule has 4 nitrogen and oxygen atoms in total. The third kappa shape index (κ3) is 5.10. The molecule has 2 amide bonds. The quantitative estimate of drug-likeness (QED) is 0.753. The summed E-state index contributed by atoms with van der Waals surface area (Å²) in [6, 6.07) is 7.17. The summed E-state index contributed by atoms with van der Waals surface area (Å²) >= 11 is 1.76. The summed E-state index contributed by atoms with van der Waals surface area (Å²) in [5.41, 5.74) is 1.98. The van der Waals surface area contributed by atoms with Crippen LogP contribution in [0.15, 0.2) is 24.3 Å². The van der Waals surface area contributed by atoms with Gasteiger partial charge in [-0.25, -0.2) is 4.79 Å². The molecule has 17 heavy (non-hydrogen) atoms. The molecule has 0 aliphatic rings. The van der Waals surface area contributed by atoms with E-state index >= 15 is 0 Å². The van der Waals surface area contributed by atoms with Crippen LogP contribution in [0.1, 0.15) is 12.5 Å². The monoisotopic (exact) mass is 254 g/mol. The Balaban J connectivity index is 2.48. The number of nitrogens with one attached hydrogen (secondary N) is 2. The van der Waals surface area contributed by atoms with Crippen LogP contribution in [0.4, 0.5) is 10.5 Å². The van der Waals surface area contributed by atoms with Crippen molar-refractivity contribution in [1.29, 1.82) is 0 Å². The van der Waals surface area contributed by atoms with Crippen molar-refractivity contribution in [2.45, 2.75) is 18.7 Å². The summed E-state index contributed by atoms with van der Waals surface area (Å²) in [4.78, 5) is 11.5. The van der Waals surface area contributed by atoms with Crippen LogP contribution in [0.25, 0.3) is 0 Å². The van der Waals surface area contributed by atoms with Gasteiger partial charge in [-0.1, -0.05) is 12.1 Å². The standard InChI is InChI=1S/C12H18N2O2S/c1-9(7-15)13-12(16)14-11-5-3-10(4-6-11)8-17-2/h3-6,9,15H,7-8H2,1-2H3,(H2,13,14,16). The van der Waals surface area contributed by atoms with Gasteiger partial charge in [-0.05, 0) is 30.9 Å². The number of benzene rings is 1. The smallest absolute Gasteiger partial charge is 0.319 e. The number of aliphatic hydroxyl groups excluding tert-OH is 1. The number of hydrogen-bond acceptors (Lipinski definition) is 3. The fourth-order valence-corrected chi connectivity index (χ4v) is 1.81. The van der Waals surface area contributed by atoms with E-state index in [1.165, 1.54) is 5.56 Å². The Labute approximate surface area is 106 Å². The lowest BCUT2D eigenvalue weighted by atomic mass is 10.2. The summed E-state index contributed by atoms with van der Waals surface area (Å²) in [6.07, 6.45) is 2.05. The molecule has 1 atom stereocenters. The molecule has 94 valence electrons. The second-order valence-corrected chi connectivity index (χ2v) is 4.68. The van der Waals surface area contributed by atoms with Crippen LogP contribution in [0, 0.1) is 0 Å². The average Bonchev–Trinajstić information content (AvgIpc) is 2.31. The highest BCUT2D eigenvalue weighted by atomic mass is 32.2. The van der Waals surface area contributed by atoms with E-state index in [0.29, 0.717) is 0 Å². The van der Waals surface area contributed by atoms with E-state index in [4.69, 9.17) is 5.11 Å². The van der Waals surface area contributed by atoms with E-state index in [9.17, 15) is 4.79 Å². The van der Waals surface area contributed by atoms with Gasteiger partial charge in [0.15, 0.2) is 0 Å². The minimum absolute atomic E-state index is 0.0694. The molecule has 0 saturated heterocycles. The Morgan fingerprint density at radius 1 is 1.41 bits per heavy atom. The minimum Gasteiger partial charge on any atom is -0.394 e. The number of thioether (sulfide) groups is 1. The highest BCUT2D eigenvalue weighted by molar-refractivity contribution is 7.97. The first-order chi connectivity index (χ1) is 8.15. The van der Waals surface area contributed by atoms with Crippen molar-refractivity contribution >= 4 is 23.5 Å². The van der Waals surface area contributed by atoms with Crippen LogP contribution in [-0.2, 0) is 5.75 Å². The van der Waals surface area contributed by atoms with E-state index in [1.54, 1.807) is 18.7 Å². The predicted octanol–water partition coefficient (Wildman–Crippen LogP) is 2.05. The van der Waals surface area contributed by atoms with E-state index in [0.717, 1.165) is 11.4 Å². The number of aliphatic hydroxyl groups is 1. The molecule has 0 aromatic heterocycles. The van der Waals surface area contributed by atoms with Crippen LogP contribution >= 0.6 is 11.8 Å². The number of amides is 2. The van der Waals surface area contributed by atoms with E-state index in [1.807, 2.05) is 24.3 Å². The van der Waals surface area contributed by atoms with Crippen molar-refractivity contribution in [1.82, 2.24) is 5.32 Å². The number of rotatable bonds is 5. The third-order valence-electron chi connectivity index (χ3n) is 2.17. The van der Waals surface area contributed by atoms with Crippen LogP contribution in [0.3, 0.4) is 0 Å². The largest absolute Gasteiger partial charge is 0.394 e. The number of carbonyl (C=O) groups is 1. The van der Waals surface area contributed by atoms with E-state index in [-0.39, 0.29) is 18.7 Å². The molecule has 1 unspecified atom stereocenters. The molecule has 0 fully saturated rings. The molecule has 1 aromatic carbocycles. The van der Waals surface area contributed by atoms with Crippen molar-refractivity contribution in [2.24, 2.45) is 0 Å². The Hall–Kier alpha value is -1.20. The molecule has 0 heterocycles. The second kappa shape index (κ2) is 7.19. The van der Waals surface area contributed by atoms with Gasteiger partial charge < -0.3 is 15.7 Å². The Bertz CT molecular complexity index is 354. The third-order valence-corrected chi connectivity index (χ3v) is 2.80. The van der Waals surface area contributed by atoms with Gasteiger partial charge in [-0.2, -0.15) is 11.8 Å². The van der Waals surface area contributed by atoms with Gasteiger partial charge in [0.05, 0.1) is 12.6 Å². The molecular formula is C12H18N2O2S. The number of hydrogen-bond donors (Lipinski definition) is 3. The zero-order valence-corrected chi connectivity index (χ0v) is 10.9. The van der Waals surface area contributed by atoms with Gasteiger partial charge in [0, 0.05) is 11.4 Å². The molecule has 5 heteroatoms. The Morgan fingerprint density at radius 2 is 2.06 bits per heavy atom. The van der Waals surface area contributed by atoms with Gasteiger partial charge in [-0.15, -0.1) is 0 Å². The first-order valence-corrected chi connectivity index (χ1v) is 6.81. The summed E-state index contributed by atoms with van der Waals surface area (Å²) in [7, 11) is 0. The first kappa shape index (κ1) is 13.9. The molecule has 0 aliphatic heterocycles. The maximum absolute atomic E-state index is 11.5. The van der Waals surface area contributed by atoms with Crippen LogP contribution in [0.5, 0.6) is 0 Å². The summed E-state index contributed by atoms with van der Waals surface area (Å²) in [6.45, 7) is 1.67. The maximum Gasteiger partial charge on any atom is 0.319 e. The van der Waals surface area contributed by atoms with Gasteiger partial charge in [-0.3, -0.25) is 0 Å². The Morgan fingerprint density at radius 3 is 2.59 bits per heavy atom. The lowest BCUT2D eigenvalue weighted by Gasteiger charge is -2.12. The average molecular weight is 254 g/mol. The molecule has 1 aromatic rings. The summed E-state index contributed by atoms with van der Waals surface area (Å²) < 4.78 is 0.